The van der Waals surface area contributed by atoms with E-state index in [0.29, 0.717) is 12.6 Å². The summed E-state index contributed by atoms with van der Waals surface area (Å²) >= 11 is 0. The number of rotatable bonds is 3. The first kappa shape index (κ1) is 13.6. The lowest BCUT2D eigenvalue weighted by Gasteiger charge is -2.18. The van der Waals surface area contributed by atoms with Gasteiger partial charge in [0.25, 0.3) is 5.96 Å². The van der Waals surface area contributed by atoms with Crippen molar-refractivity contribution in [1.29, 1.82) is 0 Å². The Bertz CT molecular complexity index is 882. The molecule has 0 fully saturated rings. The molecule has 1 aliphatic rings. The summed E-state index contributed by atoms with van der Waals surface area (Å²) in [6.07, 6.45) is -0.210. The minimum absolute atomic E-state index is 0.210. The Balaban J connectivity index is 1.83. The van der Waals surface area contributed by atoms with E-state index in [0.717, 1.165) is 28.3 Å². The average Bonchev–Trinajstić information content (AvgIpc) is 2.93. The molecular weight excluding hydrogens is 290 g/mol. The van der Waals surface area contributed by atoms with Gasteiger partial charge in [-0.3, -0.25) is 0 Å². The van der Waals surface area contributed by atoms with Crippen molar-refractivity contribution >= 4 is 22.9 Å². The van der Waals surface area contributed by atoms with Crippen LogP contribution in [0.5, 0.6) is 5.75 Å². The van der Waals surface area contributed by atoms with Crippen LogP contribution >= 0.6 is 0 Å². The highest BCUT2D eigenvalue weighted by molar-refractivity contribution is 5.92. The topological polar surface area (TPSA) is 79.3 Å². The van der Waals surface area contributed by atoms with Crippen molar-refractivity contribution in [3.05, 3.63) is 54.1 Å². The molecule has 6 heteroatoms. The molecule has 4 rings (SSSR count). The van der Waals surface area contributed by atoms with Gasteiger partial charge in [-0.1, -0.05) is 12.1 Å². The molecule has 1 aromatic heterocycles. The molecule has 0 bridgehead atoms. The molecule has 6 nitrogen and oxygen atoms in total. The summed E-state index contributed by atoms with van der Waals surface area (Å²) in [7, 11) is 0. The fourth-order valence-corrected chi connectivity index (χ4v) is 2.91. The Kier molecular flexibility index (Phi) is 3.15. The smallest absolute Gasteiger partial charge is 0.365 e. The highest BCUT2D eigenvalue weighted by atomic mass is 16.5. The zero-order valence-corrected chi connectivity index (χ0v) is 12.8. The number of anilines is 1. The van der Waals surface area contributed by atoms with Gasteiger partial charge in [0, 0.05) is 5.56 Å². The van der Waals surface area contributed by atoms with Gasteiger partial charge < -0.3 is 10.5 Å². The van der Waals surface area contributed by atoms with Crippen molar-refractivity contribution in [2.24, 2.45) is 10.7 Å². The molecule has 0 saturated heterocycles. The van der Waals surface area contributed by atoms with E-state index in [1.807, 2.05) is 49.4 Å². The van der Waals surface area contributed by atoms with Crippen LogP contribution in [0.15, 0.2) is 53.5 Å². The molecule has 0 saturated carbocycles. The molecule has 2 heterocycles. The second kappa shape index (κ2) is 5.31. The largest absolute Gasteiger partial charge is 0.494 e. The summed E-state index contributed by atoms with van der Waals surface area (Å²) in [4.78, 5) is 7.92. The van der Waals surface area contributed by atoms with E-state index in [-0.39, 0.29) is 6.17 Å². The number of aromatic nitrogens is 2. The molecule has 1 atom stereocenters. The number of aromatic amines is 1. The van der Waals surface area contributed by atoms with Crippen molar-refractivity contribution in [2.45, 2.75) is 13.1 Å². The van der Waals surface area contributed by atoms with E-state index in [9.17, 15) is 0 Å². The summed E-state index contributed by atoms with van der Waals surface area (Å²) in [5.74, 6) is 2.08. The van der Waals surface area contributed by atoms with E-state index in [1.54, 1.807) is 0 Å². The van der Waals surface area contributed by atoms with Crippen LogP contribution in [-0.2, 0) is 0 Å². The van der Waals surface area contributed by atoms with Gasteiger partial charge in [-0.05, 0) is 43.3 Å². The van der Waals surface area contributed by atoms with Crippen molar-refractivity contribution < 1.29 is 9.30 Å². The normalized spacial score (nSPS) is 16.6. The minimum atomic E-state index is -0.210. The number of benzene rings is 2. The van der Waals surface area contributed by atoms with E-state index >= 15 is 0 Å². The molecule has 0 radical (unpaired) electrons. The van der Waals surface area contributed by atoms with E-state index in [1.165, 1.54) is 0 Å². The molecule has 1 aliphatic heterocycles. The maximum atomic E-state index is 5.96. The lowest BCUT2D eigenvalue weighted by atomic mass is 10.1. The fourth-order valence-electron chi connectivity index (χ4n) is 2.91. The number of aliphatic imine (C=N–C) groups is 1. The standard InChI is InChI=1S/C17H17N5O/c1-2-23-12-9-7-11(8-10-12)15-20-16(18)21-17-19-13-5-3-4-6-14(13)22(15)17/h3-10,15H,2H2,1H3,(H3,18,19,20,21)/p+1/t15-/m0/s1. The Morgan fingerprint density at radius 1 is 1.17 bits per heavy atom. The monoisotopic (exact) mass is 308 g/mol. The SMILES string of the molecule is CCOc1ccc([C@H]2N=C(N)Nc3[nH]c4ccccc4[n+]32)cc1. The van der Waals surface area contributed by atoms with Gasteiger partial charge in [0.2, 0.25) is 6.17 Å². The zero-order valence-electron chi connectivity index (χ0n) is 12.8. The number of fused-ring (bicyclic) bond motifs is 3. The fraction of sp³-hybridized carbons (Fsp3) is 0.176. The average molecular weight is 308 g/mol. The lowest BCUT2D eigenvalue weighted by molar-refractivity contribution is -0.674. The van der Waals surface area contributed by atoms with Crippen LogP contribution in [0.4, 0.5) is 5.95 Å². The van der Waals surface area contributed by atoms with Crippen molar-refractivity contribution in [3.8, 4) is 5.75 Å². The summed E-state index contributed by atoms with van der Waals surface area (Å²) in [5, 5.41) is 3.09. The third-order valence-corrected chi connectivity index (χ3v) is 3.90. The van der Waals surface area contributed by atoms with Crippen LogP contribution in [-0.4, -0.2) is 17.6 Å². The molecule has 0 unspecified atom stereocenters. The summed E-state index contributed by atoms with van der Waals surface area (Å²) < 4.78 is 7.62. The number of guanidine groups is 1. The second-order valence-corrected chi connectivity index (χ2v) is 5.38. The van der Waals surface area contributed by atoms with Gasteiger partial charge in [-0.15, -0.1) is 0 Å². The number of para-hydroxylation sites is 2. The van der Waals surface area contributed by atoms with Gasteiger partial charge in [0.1, 0.15) is 16.8 Å². The quantitative estimate of drug-likeness (QED) is 0.649. The number of nitrogens with zero attached hydrogens (tertiary/aromatic N) is 2. The molecule has 0 amide bonds. The van der Waals surface area contributed by atoms with Gasteiger partial charge in [-0.2, -0.15) is 4.99 Å². The van der Waals surface area contributed by atoms with E-state index in [2.05, 4.69) is 25.9 Å². The maximum Gasteiger partial charge on any atom is 0.365 e. The van der Waals surface area contributed by atoms with Crippen molar-refractivity contribution in [2.75, 3.05) is 11.9 Å². The van der Waals surface area contributed by atoms with Crippen LogP contribution in [0.2, 0.25) is 0 Å². The molecule has 116 valence electrons. The molecule has 4 N–H and O–H groups in total. The summed E-state index contributed by atoms with van der Waals surface area (Å²) in [5.41, 5.74) is 9.12. The molecule has 23 heavy (non-hydrogen) atoms. The first-order chi connectivity index (χ1) is 11.3. The molecule has 3 aromatic rings. The Morgan fingerprint density at radius 3 is 2.74 bits per heavy atom. The second-order valence-electron chi connectivity index (χ2n) is 5.38. The predicted octanol–water partition coefficient (Wildman–Crippen LogP) is 2.14. The molecule has 0 aliphatic carbocycles. The first-order valence-corrected chi connectivity index (χ1v) is 7.61. The lowest BCUT2D eigenvalue weighted by Crippen LogP contribution is -2.48. The van der Waals surface area contributed by atoms with Crippen LogP contribution in [0.25, 0.3) is 11.0 Å². The van der Waals surface area contributed by atoms with Crippen LogP contribution in [0.3, 0.4) is 0 Å². The number of hydrogen-bond donors (Lipinski definition) is 3. The Morgan fingerprint density at radius 2 is 1.96 bits per heavy atom. The number of H-pyrrole nitrogens is 1. The number of ether oxygens (including phenoxy) is 1. The Labute approximate surface area is 133 Å². The number of nitrogens with two attached hydrogens (primary N) is 1. The maximum absolute atomic E-state index is 5.96. The van der Waals surface area contributed by atoms with Crippen molar-refractivity contribution in [3.63, 3.8) is 0 Å². The highest BCUT2D eigenvalue weighted by Gasteiger charge is 2.30. The first-order valence-electron chi connectivity index (χ1n) is 7.61. The van der Waals surface area contributed by atoms with Crippen LogP contribution in [0.1, 0.15) is 18.7 Å². The van der Waals surface area contributed by atoms with Gasteiger partial charge >= 0.3 is 5.95 Å². The highest BCUT2D eigenvalue weighted by Crippen LogP contribution is 2.25. The number of nitrogens with one attached hydrogen (secondary N) is 2. The number of hydrogen-bond acceptors (Lipinski definition) is 4. The predicted molar refractivity (Wildman–Crippen MR) is 89.5 cm³/mol. The van der Waals surface area contributed by atoms with Crippen molar-refractivity contribution in [1.82, 2.24) is 4.98 Å². The summed E-state index contributed by atoms with van der Waals surface area (Å²) in [6.45, 7) is 2.62. The van der Waals surface area contributed by atoms with Gasteiger partial charge in [-0.25, -0.2) is 14.9 Å². The van der Waals surface area contributed by atoms with E-state index in [4.69, 9.17) is 10.5 Å². The molecular formula is C17H18N5O+. The zero-order chi connectivity index (χ0) is 15.8. The number of imidazole rings is 1. The summed E-state index contributed by atoms with van der Waals surface area (Å²) in [6, 6.07) is 16.1. The Hall–Kier alpha value is -3.02. The van der Waals surface area contributed by atoms with E-state index < -0.39 is 0 Å². The van der Waals surface area contributed by atoms with Crippen LogP contribution < -0.4 is 20.4 Å². The van der Waals surface area contributed by atoms with Gasteiger partial charge in [0.05, 0.1) is 6.61 Å². The molecule has 2 aromatic carbocycles. The molecule has 0 spiro atoms. The minimum Gasteiger partial charge on any atom is -0.494 e. The third kappa shape index (κ3) is 2.28. The third-order valence-electron chi connectivity index (χ3n) is 3.90. The van der Waals surface area contributed by atoms with Gasteiger partial charge in [0.15, 0.2) is 0 Å². The van der Waals surface area contributed by atoms with Crippen LogP contribution in [0, 0.1) is 0 Å².